The number of nitrogens with one attached hydrogen (secondary N) is 1. The van der Waals surface area contributed by atoms with E-state index in [0.717, 1.165) is 35.9 Å². The van der Waals surface area contributed by atoms with Gasteiger partial charge in [-0.25, -0.2) is 4.79 Å². The van der Waals surface area contributed by atoms with Crippen LogP contribution in [0.5, 0.6) is 0 Å². The van der Waals surface area contributed by atoms with Gasteiger partial charge in [0.2, 0.25) is 5.91 Å². The first-order valence-electron chi connectivity index (χ1n) is 11.3. The van der Waals surface area contributed by atoms with Crippen LogP contribution in [0.3, 0.4) is 0 Å². The van der Waals surface area contributed by atoms with Crippen LogP contribution >= 0.6 is 0 Å². The minimum Gasteiger partial charge on any atom is -0.341 e. The molecule has 2 aliphatic heterocycles. The predicted octanol–water partition coefficient (Wildman–Crippen LogP) is 3.62. The first-order valence-corrected chi connectivity index (χ1v) is 11.3. The van der Waals surface area contributed by atoms with Crippen molar-refractivity contribution >= 4 is 17.8 Å². The van der Waals surface area contributed by atoms with Crippen molar-refractivity contribution in [1.29, 1.82) is 0 Å². The normalized spacial score (nSPS) is 29.2. The summed E-state index contributed by atoms with van der Waals surface area (Å²) in [6, 6.07) is 7.29. The number of likely N-dealkylation sites (tertiary alicyclic amines) is 1. The molecule has 1 aromatic rings. The Kier molecular flexibility index (Phi) is 5.60. The molecule has 3 atom stereocenters. The van der Waals surface area contributed by atoms with Crippen LogP contribution in [-0.2, 0) is 15.1 Å². The van der Waals surface area contributed by atoms with E-state index in [1.54, 1.807) is 6.92 Å². The molecule has 1 N–H and O–H groups in total. The second-order valence-electron chi connectivity index (χ2n) is 9.66. The number of benzene rings is 1. The number of fused-ring (bicyclic) bond motifs is 1. The van der Waals surface area contributed by atoms with Crippen LogP contribution in [0, 0.1) is 11.8 Å². The van der Waals surface area contributed by atoms with E-state index in [0.29, 0.717) is 11.8 Å². The number of nitrogens with zero attached hydrogens (tertiary/aromatic N) is 2. The summed E-state index contributed by atoms with van der Waals surface area (Å²) in [6.45, 7) is 7.27. The van der Waals surface area contributed by atoms with E-state index in [-0.39, 0.29) is 18.4 Å². The molecule has 0 bridgehead atoms. The number of rotatable bonds is 4. The Labute approximate surface area is 179 Å². The maximum absolute atomic E-state index is 13.2. The van der Waals surface area contributed by atoms with E-state index in [1.807, 2.05) is 29.2 Å². The number of imide groups is 1. The van der Waals surface area contributed by atoms with Crippen LogP contribution in [0.25, 0.3) is 0 Å². The van der Waals surface area contributed by atoms with Gasteiger partial charge in [-0.3, -0.25) is 14.5 Å². The topological polar surface area (TPSA) is 69.7 Å². The Morgan fingerprint density at radius 1 is 1.10 bits per heavy atom. The zero-order valence-electron chi connectivity index (χ0n) is 18.3. The molecule has 0 unspecified atom stereocenters. The number of carbonyl (C=O) groups excluding carboxylic acids is 3. The lowest BCUT2D eigenvalue weighted by atomic mass is 9.75. The van der Waals surface area contributed by atoms with Crippen LogP contribution in [0.4, 0.5) is 4.79 Å². The SMILES string of the molecule is CC(C)c1ccc([C@@]2(C)NC(=O)N(CC(=O)N3CC[C@H]4CCCC[C@@H]4C3)C2=O)cc1. The maximum Gasteiger partial charge on any atom is 0.325 e. The largest absolute Gasteiger partial charge is 0.341 e. The molecule has 0 radical (unpaired) electrons. The van der Waals surface area contributed by atoms with Crippen LogP contribution in [0.15, 0.2) is 24.3 Å². The van der Waals surface area contributed by atoms with Gasteiger partial charge in [0, 0.05) is 13.1 Å². The number of hydrogen-bond acceptors (Lipinski definition) is 3. The van der Waals surface area contributed by atoms with Gasteiger partial charge in [-0.1, -0.05) is 57.4 Å². The number of carbonyl (C=O) groups is 3. The molecular formula is C24H33N3O3. The minimum atomic E-state index is -1.14. The van der Waals surface area contributed by atoms with E-state index >= 15 is 0 Å². The van der Waals surface area contributed by atoms with Crippen molar-refractivity contribution in [3.05, 3.63) is 35.4 Å². The molecule has 162 valence electrons. The molecule has 6 nitrogen and oxygen atoms in total. The Morgan fingerprint density at radius 3 is 2.43 bits per heavy atom. The Bertz CT molecular complexity index is 835. The summed E-state index contributed by atoms with van der Waals surface area (Å²) in [4.78, 5) is 41.7. The zero-order valence-corrected chi connectivity index (χ0v) is 18.3. The van der Waals surface area contributed by atoms with Gasteiger partial charge in [-0.15, -0.1) is 0 Å². The smallest absolute Gasteiger partial charge is 0.325 e. The average molecular weight is 412 g/mol. The maximum atomic E-state index is 13.2. The van der Waals surface area contributed by atoms with Crippen molar-refractivity contribution in [2.75, 3.05) is 19.6 Å². The van der Waals surface area contributed by atoms with Gasteiger partial charge >= 0.3 is 6.03 Å². The highest BCUT2D eigenvalue weighted by molar-refractivity contribution is 6.09. The molecule has 0 aromatic heterocycles. The van der Waals surface area contributed by atoms with Gasteiger partial charge in [0.15, 0.2) is 0 Å². The Balaban J connectivity index is 1.44. The van der Waals surface area contributed by atoms with Gasteiger partial charge in [-0.2, -0.15) is 0 Å². The van der Waals surface area contributed by atoms with Crippen molar-refractivity contribution in [3.63, 3.8) is 0 Å². The lowest BCUT2D eigenvalue weighted by Crippen LogP contribution is -2.49. The third kappa shape index (κ3) is 3.72. The summed E-state index contributed by atoms with van der Waals surface area (Å²) < 4.78 is 0. The quantitative estimate of drug-likeness (QED) is 0.770. The first-order chi connectivity index (χ1) is 14.3. The second kappa shape index (κ2) is 8.05. The lowest BCUT2D eigenvalue weighted by molar-refractivity contribution is -0.140. The Morgan fingerprint density at radius 2 is 1.77 bits per heavy atom. The predicted molar refractivity (Wildman–Crippen MR) is 115 cm³/mol. The van der Waals surface area contributed by atoms with Crippen LogP contribution in [-0.4, -0.2) is 47.3 Å². The van der Waals surface area contributed by atoms with Gasteiger partial charge < -0.3 is 10.2 Å². The van der Waals surface area contributed by atoms with E-state index in [4.69, 9.17) is 0 Å². The summed E-state index contributed by atoms with van der Waals surface area (Å²) in [5.41, 5.74) is 0.781. The summed E-state index contributed by atoms with van der Waals surface area (Å²) in [7, 11) is 0. The van der Waals surface area contributed by atoms with E-state index in [2.05, 4.69) is 19.2 Å². The van der Waals surface area contributed by atoms with Gasteiger partial charge in [0.25, 0.3) is 5.91 Å². The van der Waals surface area contributed by atoms with Crippen LogP contribution in [0.2, 0.25) is 0 Å². The number of piperidine rings is 1. The van der Waals surface area contributed by atoms with Gasteiger partial charge in [-0.05, 0) is 48.6 Å². The second-order valence-corrected chi connectivity index (χ2v) is 9.66. The number of urea groups is 1. The Hall–Kier alpha value is -2.37. The molecule has 4 amide bonds. The van der Waals surface area contributed by atoms with Crippen LogP contribution < -0.4 is 5.32 Å². The fourth-order valence-corrected chi connectivity index (χ4v) is 5.30. The molecule has 30 heavy (non-hydrogen) atoms. The number of hydrogen-bond donors (Lipinski definition) is 1. The molecule has 2 saturated heterocycles. The summed E-state index contributed by atoms with van der Waals surface area (Å²) in [6.07, 6.45) is 6.03. The fraction of sp³-hybridized carbons (Fsp3) is 0.625. The average Bonchev–Trinajstić information content (AvgIpc) is 2.97. The minimum absolute atomic E-state index is 0.123. The molecule has 1 aliphatic carbocycles. The molecule has 3 aliphatic rings. The van der Waals surface area contributed by atoms with E-state index < -0.39 is 11.6 Å². The third-order valence-electron chi connectivity index (χ3n) is 7.37. The third-order valence-corrected chi connectivity index (χ3v) is 7.37. The highest BCUT2D eigenvalue weighted by atomic mass is 16.2. The molecular weight excluding hydrogens is 378 g/mol. The van der Waals surface area contributed by atoms with Crippen LogP contribution in [0.1, 0.15) is 69.9 Å². The van der Waals surface area contributed by atoms with Crippen molar-refractivity contribution < 1.29 is 14.4 Å². The van der Waals surface area contributed by atoms with Gasteiger partial charge in [0.1, 0.15) is 12.1 Å². The summed E-state index contributed by atoms with van der Waals surface area (Å²) in [5.74, 6) is 1.22. The molecule has 1 aromatic carbocycles. The lowest BCUT2D eigenvalue weighted by Gasteiger charge is -2.41. The standard InChI is InChI=1S/C24H33N3O3/c1-16(2)17-8-10-20(11-9-17)24(3)22(29)27(23(30)25-24)15-21(28)26-13-12-18-6-4-5-7-19(18)14-26/h8-11,16,18-19H,4-7,12-15H2,1-3H3,(H,25,30)/t18-,19-,24-/m1/s1. The summed E-state index contributed by atoms with van der Waals surface area (Å²) >= 11 is 0. The highest BCUT2D eigenvalue weighted by Crippen LogP contribution is 2.36. The van der Waals surface area contributed by atoms with Gasteiger partial charge in [0.05, 0.1) is 0 Å². The number of amides is 4. The van der Waals surface area contributed by atoms with E-state index in [9.17, 15) is 14.4 Å². The van der Waals surface area contributed by atoms with E-state index in [1.165, 1.54) is 31.2 Å². The van der Waals surface area contributed by atoms with Crippen molar-refractivity contribution in [2.24, 2.45) is 11.8 Å². The van der Waals surface area contributed by atoms with Crippen molar-refractivity contribution in [1.82, 2.24) is 15.1 Å². The zero-order chi connectivity index (χ0) is 21.5. The monoisotopic (exact) mass is 411 g/mol. The summed E-state index contributed by atoms with van der Waals surface area (Å²) in [5, 5.41) is 2.82. The molecule has 6 heteroatoms. The first kappa shape index (κ1) is 20.9. The molecule has 2 heterocycles. The molecule has 1 saturated carbocycles. The van der Waals surface area contributed by atoms with Crippen molar-refractivity contribution in [2.45, 2.75) is 64.3 Å². The molecule has 3 fully saturated rings. The molecule has 4 rings (SSSR count). The highest BCUT2D eigenvalue weighted by Gasteiger charge is 2.50. The van der Waals surface area contributed by atoms with Crippen molar-refractivity contribution in [3.8, 4) is 0 Å². The molecule has 0 spiro atoms. The fourth-order valence-electron chi connectivity index (χ4n) is 5.30.